The van der Waals surface area contributed by atoms with Crippen LogP contribution in [-0.2, 0) is 4.74 Å². The molecule has 8 heteroatoms. The number of rotatable bonds is 3. The Morgan fingerprint density at radius 1 is 1.22 bits per heavy atom. The second-order valence-electron chi connectivity index (χ2n) is 5.50. The molecule has 0 amide bonds. The van der Waals surface area contributed by atoms with Gasteiger partial charge in [-0.15, -0.1) is 0 Å². The van der Waals surface area contributed by atoms with Crippen LogP contribution in [0.2, 0.25) is 0 Å². The monoisotopic (exact) mass is 316 g/mol. The van der Waals surface area contributed by atoms with Crippen molar-refractivity contribution in [2.75, 3.05) is 6.61 Å². The lowest BCUT2D eigenvalue weighted by Crippen LogP contribution is -2.33. The standard InChI is InChI=1S/C15H16N4O4/c20-6-10-12(21)13(22)15(23-10)19-5-3-8-11(9-2-1-4-16-9)17-7-18-14(8)19/h1-5,7,10,12-13,15-16,20-22H,6H2/t10-,12-,13-,15-/m1/s1. The van der Waals surface area contributed by atoms with Crippen LogP contribution in [0.1, 0.15) is 6.23 Å². The molecule has 120 valence electrons. The van der Waals surface area contributed by atoms with Crippen LogP contribution in [-0.4, -0.2) is 59.8 Å². The zero-order valence-corrected chi connectivity index (χ0v) is 12.1. The summed E-state index contributed by atoms with van der Waals surface area (Å²) in [6, 6.07) is 5.62. The predicted octanol–water partition coefficient (Wildman–Crippen LogP) is 0.0379. The van der Waals surface area contributed by atoms with E-state index < -0.39 is 24.5 Å². The number of hydrogen-bond donors (Lipinski definition) is 4. The molecule has 1 aliphatic heterocycles. The first-order valence-corrected chi connectivity index (χ1v) is 7.28. The third kappa shape index (κ3) is 2.15. The molecule has 1 aliphatic rings. The highest BCUT2D eigenvalue weighted by molar-refractivity contribution is 5.89. The van der Waals surface area contributed by atoms with Crippen molar-refractivity contribution in [1.82, 2.24) is 19.5 Å². The van der Waals surface area contributed by atoms with Crippen LogP contribution in [0.3, 0.4) is 0 Å². The van der Waals surface area contributed by atoms with Gasteiger partial charge in [-0.1, -0.05) is 0 Å². The molecule has 0 radical (unpaired) electrons. The summed E-state index contributed by atoms with van der Waals surface area (Å²) in [5, 5.41) is 30.1. The van der Waals surface area contributed by atoms with Gasteiger partial charge in [-0.25, -0.2) is 9.97 Å². The largest absolute Gasteiger partial charge is 0.394 e. The van der Waals surface area contributed by atoms with E-state index in [4.69, 9.17) is 4.74 Å². The fourth-order valence-electron chi connectivity index (χ4n) is 2.98. The summed E-state index contributed by atoms with van der Waals surface area (Å²) in [6.45, 7) is -0.364. The Balaban J connectivity index is 1.80. The molecule has 1 fully saturated rings. The molecule has 4 rings (SSSR count). The summed E-state index contributed by atoms with van der Waals surface area (Å²) in [5.74, 6) is 0. The minimum Gasteiger partial charge on any atom is -0.394 e. The Labute approximate surface area is 131 Å². The molecule has 4 N–H and O–H groups in total. The molecule has 0 unspecified atom stereocenters. The number of ether oxygens (including phenoxy) is 1. The first-order chi connectivity index (χ1) is 11.2. The molecule has 23 heavy (non-hydrogen) atoms. The van der Waals surface area contributed by atoms with Crippen LogP contribution in [0.25, 0.3) is 22.4 Å². The number of aliphatic hydroxyl groups is 3. The molecule has 0 bridgehead atoms. The maximum atomic E-state index is 10.2. The molecule has 0 aromatic carbocycles. The predicted molar refractivity (Wildman–Crippen MR) is 80.3 cm³/mol. The topological polar surface area (TPSA) is 116 Å². The molecule has 8 nitrogen and oxygen atoms in total. The molecule has 0 aliphatic carbocycles. The van der Waals surface area contributed by atoms with Crippen LogP contribution in [0.15, 0.2) is 36.9 Å². The quantitative estimate of drug-likeness (QED) is 0.542. The Kier molecular flexibility index (Phi) is 3.38. The van der Waals surface area contributed by atoms with Crippen molar-refractivity contribution in [3.8, 4) is 11.4 Å². The molecule has 1 saturated heterocycles. The number of aromatic nitrogens is 4. The smallest absolute Gasteiger partial charge is 0.164 e. The van der Waals surface area contributed by atoms with E-state index in [9.17, 15) is 15.3 Å². The normalized spacial score (nSPS) is 27.8. The van der Waals surface area contributed by atoms with E-state index in [1.54, 1.807) is 10.8 Å². The van der Waals surface area contributed by atoms with Crippen molar-refractivity contribution in [2.45, 2.75) is 24.5 Å². The highest BCUT2D eigenvalue weighted by Crippen LogP contribution is 2.33. The Morgan fingerprint density at radius 2 is 2.09 bits per heavy atom. The van der Waals surface area contributed by atoms with Gasteiger partial charge in [-0.05, 0) is 18.2 Å². The van der Waals surface area contributed by atoms with E-state index in [-0.39, 0.29) is 6.61 Å². The van der Waals surface area contributed by atoms with Crippen LogP contribution in [0.5, 0.6) is 0 Å². The summed E-state index contributed by atoms with van der Waals surface area (Å²) >= 11 is 0. The van der Waals surface area contributed by atoms with Crippen LogP contribution in [0.4, 0.5) is 0 Å². The lowest BCUT2D eigenvalue weighted by molar-refractivity contribution is -0.0508. The Hall–Kier alpha value is -2.26. The zero-order chi connectivity index (χ0) is 16.0. The summed E-state index contributed by atoms with van der Waals surface area (Å²) in [7, 11) is 0. The van der Waals surface area contributed by atoms with Crippen molar-refractivity contribution in [3.63, 3.8) is 0 Å². The molecule has 3 aromatic heterocycles. The van der Waals surface area contributed by atoms with Gasteiger partial charge in [-0.2, -0.15) is 0 Å². The SMILES string of the molecule is OC[C@H]1O[C@@H](n2ccc3c(-c4ccc[nH]4)ncnc32)[C@H](O)[C@@H]1O. The minimum absolute atomic E-state index is 0.364. The number of aromatic amines is 1. The maximum Gasteiger partial charge on any atom is 0.164 e. The summed E-state index contributed by atoms with van der Waals surface area (Å²) in [4.78, 5) is 11.7. The molecular formula is C15H16N4O4. The van der Waals surface area contributed by atoms with E-state index in [0.717, 1.165) is 16.8 Å². The third-order valence-corrected chi connectivity index (χ3v) is 4.15. The maximum absolute atomic E-state index is 10.2. The lowest BCUT2D eigenvalue weighted by Gasteiger charge is -2.17. The highest BCUT2D eigenvalue weighted by atomic mass is 16.6. The molecular weight excluding hydrogens is 300 g/mol. The number of H-pyrrole nitrogens is 1. The van der Waals surface area contributed by atoms with Gasteiger partial charge in [0.2, 0.25) is 0 Å². The van der Waals surface area contributed by atoms with E-state index in [2.05, 4.69) is 15.0 Å². The van der Waals surface area contributed by atoms with Gasteiger partial charge in [0.1, 0.15) is 30.3 Å². The van der Waals surface area contributed by atoms with Crippen molar-refractivity contribution < 1.29 is 20.1 Å². The van der Waals surface area contributed by atoms with Crippen molar-refractivity contribution in [2.24, 2.45) is 0 Å². The third-order valence-electron chi connectivity index (χ3n) is 4.15. The number of fused-ring (bicyclic) bond motifs is 1. The van der Waals surface area contributed by atoms with E-state index >= 15 is 0 Å². The van der Waals surface area contributed by atoms with Gasteiger partial charge in [0.05, 0.1) is 18.0 Å². The van der Waals surface area contributed by atoms with E-state index in [0.29, 0.717) is 5.65 Å². The van der Waals surface area contributed by atoms with Crippen molar-refractivity contribution in [1.29, 1.82) is 0 Å². The average Bonchev–Trinajstić information content (AvgIpc) is 3.28. The number of hydrogen-bond acceptors (Lipinski definition) is 6. The highest BCUT2D eigenvalue weighted by Gasteiger charge is 2.43. The van der Waals surface area contributed by atoms with Gasteiger partial charge in [0, 0.05) is 17.8 Å². The van der Waals surface area contributed by atoms with Crippen LogP contribution >= 0.6 is 0 Å². The summed E-state index contributed by atoms with van der Waals surface area (Å²) < 4.78 is 7.21. The molecule has 0 saturated carbocycles. The second kappa shape index (κ2) is 5.43. The van der Waals surface area contributed by atoms with Crippen molar-refractivity contribution >= 4 is 11.0 Å². The molecule has 4 heterocycles. The number of nitrogens with one attached hydrogen (secondary N) is 1. The average molecular weight is 316 g/mol. The number of nitrogens with zero attached hydrogens (tertiary/aromatic N) is 3. The first-order valence-electron chi connectivity index (χ1n) is 7.28. The fourth-order valence-corrected chi connectivity index (χ4v) is 2.98. The van der Waals surface area contributed by atoms with Crippen molar-refractivity contribution in [3.05, 3.63) is 36.9 Å². The van der Waals surface area contributed by atoms with Gasteiger partial charge in [-0.3, -0.25) is 0 Å². The second-order valence-corrected chi connectivity index (χ2v) is 5.50. The van der Waals surface area contributed by atoms with Crippen LogP contribution < -0.4 is 0 Å². The number of aliphatic hydroxyl groups excluding tert-OH is 3. The Bertz CT molecular complexity index is 816. The molecule has 4 atom stereocenters. The first kappa shape index (κ1) is 14.3. The minimum atomic E-state index is -1.15. The van der Waals surface area contributed by atoms with Gasteiger partial charge in [0.15, 0.2) is 6.23 Å². The van der Waals surface area contributed by atoms with Gasteiger partial charge in [0.25, 0.3) is 0 Å². The van der Waals surface area contributed by atoms with E-state index in [1.807, 2.05) is 24.4 Å². The molecule has 0 spiro atoms. The fraction of sp³-hybridized carbons (Fsp3) is 0.333. The van der Waals surface area contributed by atoms with E-state index in [1.165, 1.54) is 6.33 Å². The van der Waals surface area contributed by atoms with Crippen LogP contribution in [0, 0.1) is 0 Å². The summed E-state index contributed by atoms with van der Waals surface area (Å²) in [5.41, 5.74) is 2.18. The van der Waals surface area contributed by atoms with Gasteiger partial charge < -0.3 is 29.6 Å². The Morgan fingerprint density at radius 3 is 2.78 bits per heavy atom. The lowest BCUT2D eigenvalue weighted by atomic mass is 10.1. The zero-order valence-electron chi connectivity index (χ0n) is 12.1. The van der Waals surface area contributed by atoms with Gasteiger partial charge >= 0.3 is 0 Å². The summed E-state index contributed by atoms with van der Waals surface area (Å²) in [6.07, 6.45) is 1.05. The molecule has 3 aromatic rings.